The van der Waals surface area contributed by atoms with Gasteiger partial charge in [-0.2, -0.15) is 0 Å². The molecule has 2 heterocycles. The van der Waals surface area contributed by atoms with E-state index >= 15 is 0 Å². The Morgan fingerprint density at radius 3 is 2.38 bits per heavy atom. The molecule has 6 rings (SSSR count). The summed E-state index contributed by atoms with van der Waals surface area (Å²) in [6.45, 7) is 0.315. The number of carbonyl (C=O) groups excluding carboxylic acids is 1. The Bertz CT molecular complexity index is 1550. The topological polar surface area (TPSA) is 84.7 Å². The number of para-hydroxylation sites is 1. The third-order valence-corrected chi connectivity index (χ3v) is 7.84. The third-order valence-electron chi connectivity index (χ3n) is 7.84. The zero-order valence-electron chi connectivity index (χ0n) is 21.2. The van der Waals surface area contributed by atoms with Crippen molar-refractivity contribution in [3.8, 4) is 5.75 Å². The molecule has 8 heteroatoms. The first-order valence-electron chi connectivity index (χ1n) is 12.7. The maximum absolute atomic E-state index is 14.7. The van der Waals surface area contributed by atoms with Crippen LogP contribution in [0, 0.1) is 15.9 Å². The van der Waals surface area contributed by atoms with Crippen LogP contribution in [0.25, 0.3) is 0 Å². The fourth-order valence-corrected chi connectivity index (χ4v) is 6.19. The van der Waals surface area contributed by atoms with E-state index in [0.29, 0.717) is 34.7 Å². The molecule has 2 aliphatic rings. The van der Waals surface area contributed by atoms with Crippen LogP contribution in [0.5, 0.6) is 5.75 Å². The van der Waals surface area contributed by atoms with Crippen LogP contribution in [-0.4, -0.2) is 24.0 Å². The first-order valence-corrected chi connectivity index (χ1v) is 12.7. The Morgan fingerprint density at radius 1 is 0.949 bits per heavy atom. The number of ether oxygens (including phenoxy) is 1. The van der Waals surface area contributed by atoms with Gasteiger partial charge in [0.25, 0.3) is 5.91 Å². The molecule has 1 N–H and O–H groups in total. The number of hydrogen-bond acceptors (Lipinski definition) is 5. The number of methoxy groups -OCH3 is 1. The fourth-order valence-electron chi connectivity index (χ4n) is 6.19. The number of benzene rings is 4. The molecule has 4 atom stereocenters. The number of anilines is 1. The monoisotopic (exact) mass is 523 g/mol. The Morgan fingerprint density at radius 2 is 1.67 bits per heavy atom. The minimum atomic E-state index is -1.44. The smallest absolute Gasteiger partial charge is 0.253 e. The molecule has 1 spiro atoms. The molecular weight excluding hydrogens is 497 g/mol. The van der Waals surface area contributed by atoms with Crippen molar-refractivity contribution < 1.29 is 18.8 Å². The highest BCUT2D eigenvalue weighted by Crippen LogP contribution is 2.57. The average Bonchev–Trinajstić information content (AvgIpc) is 3.44. The van der Waals surface area contributed by atoms with Crippen LogP contribution in [0.4, 0.5) is 10.1 Å². The van der Waals surface area contributed by atoms with E-state index in [-0.39, 0.29) is 10.8 Å². The van der Waals surface area contributed by atoms with Gasteiger partial charge < -0.3 is 9.64 Å². The minimum Gasteiger partial charge on any atom is -0.497 e. The van der Waals surface area contributed by atoms with E-state index in [1.54, 1.807) is 29.2 Å². The number of nitrogens with one attached hydrogen (secondary N) is 1. The third kappa shape index (κ3) is 3.95. The number of hydrogen-bond donors (Lipinski definition) is 1. The second-order valence-corrected chi connectivity index (χ2v) is 9.91. The van der Waals surface area contributed by atoms with E-state index in [4.69, 9.17) is 4.74 Å². The number of rotatable bonds is 6. The van der Waals surface area contributed by atoms with Gasteiger partial charge in [-0.3, -0.25) is 20.2 Å². The highest BCUT2D eigenvalue weighted by molar-refractivity contribution is 6.09. The molecular formula is C31H26FN3O4. The number of halogens is 1. The van der Waals surface area contributed by atoms with Crippen LogP contribution >= 0.6 is 0 Å². The van der Waals surface area contributed by atoms with Crippen LogP contribution in [0.15, 0.2) is 103 Å². The van der Waals surface area contributed by atoms with Crippen molar-refractivity contribution in [1.82, 2.24) is 5.32 Å². The molecule has 4 aromatic carbocycles. The summed E-state index contributed by atoms with van der Waals surface area (Å²) in [4.78, 5) is 28.9. The van der Waals surface area contributed by atoms with Gasteiger partial charge >= 0.3 is 0 Å². The quantitative estimate of drug-likeness (QED) is 0.272. The van der Waals surface area contributed by atoms with Crippen molar-refractivity contribution in [1.29, 1.82) is 0 Å². The number of fused-ring (bicyclic) bond motifs is 2. The van der Waals surface area contributed by atoms with Crippen molar-refractivity contribution in [3.63, 3.8) is 0 Å². The average molecular weight is 524 g/mol. The van der Waals surface area contributed by atoms with E-state index in [0.717, 1.165) is 5.56 Å². The van der Waals surface area contributed by atoms with Gasteiger partial charge in [0.1, 0.15) is 23.1 Å². The predicted octanol–water partition coefficient (Wildman–Crippen LogP) is 5.35. The van der Waals surface area contributed by atoms with Crippen molar-refractivity contribution >= 4 is 11.6 Å². The molecule has 39 heavy (non-hydrogen) atoms. The summed E-state index contributed by atoms with van der Waals surface area (Å²) in [5, 5.41) is 16.3. The summed E-state index contributed by atoms with van der Waals surface area (Å²) < 4.78 is 19.3. The van der Waals surface area contributed by atoms with Crippen molar-refractivity contribution in [2.24, 2.45) is 0 Å². The van der Waals surface area contributed by atoms with Crippen molar-refractivity contribution in [2.45, 2.75) is 30.1 Å². The van der Waals surface area contributed by atoms with Gasteiger partial charge in [-0.25, -0.2) is 4.39 Å². The first-order chi connectivity index (χ1) is 18.9. The van der Waals surface area contributed by atoms with Gasteiger partial charge in [-0.1, -0.05) is 72.8 Å². The molecule has 1 fully saturated rings. The largest absolute Gasteiger partial charge is 0.497 e. The van der Waals surface area contributed by atoms with Gasteiger partial charge in [0.2, 0.25) is 6.04 Å². The lowest BCUT2D eigenvalue weighted by Crippen LogP contribution is -2.50. The zero-order chi connectivity index (χ0) is 27.1. The Hall–Kier alpha value is -4.56. The van der Waals surface area contributed by atoms with Crippen LogP contribution in [-0.2, 0) is 16.9 Å². The molecule has 4 aromatic rings. The molecule has 2 aliphatic heterocycles. The first kappa shape index (κ1) is 24.8. The van der Waals surface area contributed by atoms with Gasteiger partial charge in [0.15, 0.2) is 0 Å². The summed E-state index contributed by atoms with van der Waals surface area (Å²) in [6.07, 6.45) is 0. The van der Waals surface area contributed by atoms with Gasteiger partial charge in [0, 0.05) is 16.2 Å². The molecule has 0 radical (unpaired) electrons. The number of nitro groups is 1. The zero-order valence-corrected chi connectivity index (χ0v) is 21.2. The molecule has 0 aliphatic carbocycles. The highest BCUT2D eigenvalue weighted by Gasteiger charge is 2.68. The lowest BCUT2D eigenvalue weighted by Gasteiger charge is -2.31. The lowest BCUT2D eigenvalue weighted by atomic mass is 9.74. The summed E-state index contributed by atoms with van der Waals surface area (Å²) in [5.41, 5.74) is 2.03. The normalized spacial score (nSPS) is 23.7. The SMILES string of the molecule is COc1cccc([C@H]2[C@H]([N+](=O)[O-])[C@H](c3ccc(F)cc3)N[C@]23C(=O)N(Cc2ccccc2)c2ccccc23)c1. The number of carbonyl (C=O) groups is 1. The second-order valence-electron chi connectivity index (χ2n) is 9.91. The van der Waals surface area contributed by atoms with E-state index < -0.39 is 29.4 Å². The van der Waals surface area contributed by atoms with E-state index in [1.807, 2.05) is 54.6 Å². The lowest BCUT2D eigenvalue weighted by molar-refractivity contribution is -0.527. The van der Waals surface area contributed by atoms with Gasteiger partial charge in [-0.05, 0) is 47.0 Å². The summed E-state index contributed by atoms with van der Waals surface area (Å²) in [7, 11) is 1.53. The van der Waals surface area contributed by atoms with Crippen molar-refractivity contribution in [2.75, 3.05) is 12.0 Å². The van der Waals surface area contributed by atoms with Crippen LogP contribution in [0.1, 0.15) is 34.2 Å². The molecule has 0 saturated carbocycles. The number of amides is 1. The number of nitrogens with zero attached hydrogens (tertiary/aromatic N) is 2. The van der Waals surface area contributed by atoms with Crippen LogP contribution < -0.4 is 15.0 Å². The predicted molar refractivity (Wildman–Crippen MR) is 145 cm³/mol. The molecule has 0 bridgehead atoms. The molecule has 196 valence electrons. The fraction of sp³-hybridized carbons (Fsp3) is 0.194. The highest BCUT2D eigenvalue weighted by atomic mass is 19.1. The van der Waals surface area contributed by atoms with E-state index in [1.165, 1.54) is 31.4 Å². The Labute approximate surface area is 225 Å². The van der Waals surface area contributed by atoms with Gasteiger partial charge in [-0.15, -0.1) is 0 Å². The Kier molecular flexibility index (Phi) is 6.12. The molecule has 1 amide bonds. The standard InChI is InChI=1S/C31H26FN3O4/c1-39-24-11-7-10-22(18-24)27-29(35(37)38)28(21-14-16-23(32)17-15-21)33-31(27)25-12-5-6-13-26(25)34(30(31)36)19-20-8-3-2-4-9-20/h2-18,27-29,33H,19H2,1H3/t27-,28-,29-,31-/m0/s1. The van der Waals surface area contributed by atoms with E-state index in [2.05, 4.69) is 5.32 Å². The summed E-state index contributed by atoms with van der Waals surface area (Å²) >= 11 is 0. The van der Waals surface area contributed by atoms with Gasteiger partial charge in [0.05, 0.1) is 19.6 Å². The summed E-state index contributed by atoms with van der Waals surface area (Å²) in [6, 6.07) is 27.8. The molecule has 1 saturated heterocycles. The van der Waals surface area contributed by atoms with Crippen LogP contribution in [0.3, 0.4) is 0 Å². The molecule has 0 aromatic heterocycles. The minimum absolute atomic E-state index is 0.267. The molecule has 7 nitrogen and oxygen atoms in total. The summed E-state index contributed by atoms with van der Waals surface area (Å²) in [5.74, 6) is -1.05. The second kappa shape index (κ2) is 9.63. The van der Waals surface area contributed by atoms with E-state index in [9.17, 15) is 19.3 Å². The maximum atomic E-state index is 14.7. The van der Waals surface area contributed by atoms with Crippen molar-refractivity contribution in [3.05, 3.63) is 141 Å². The maximum Gasteiger partial charge on any atom is 0.253 e. The Balaban J connectivity index is 1.58. The van der Waals surface area contributed by atoms with Crippen LogP contribution in [0.2, 0.25) is 0 Å². The molecule has 0 unspecified atom stereocenters.